The Morgan fingerprint density at radius 2 is 1.39 bits per heavy atom. The number of aliphatic carboxylic acids is 1. The van der Waals surface area contributed by atoms with Crippen LogP contribution < -0.4 is 26.0 Å². The van der Waals surface area contributed by atoms with Gasteiger partial charge in [-0.3, -0.25) is 14.4 Å². The van der Waals surface area contributed by atoms with Gasteiger partial charge in [0.15, 0.2) is 0 Å². The van der Waals surface area contributed by atoms with Crippen molar-refractivity contribution in [2.45, 2.75) is 76.5 Å². The number of rotatable bonds is 15. The van der Waals surface area contributed by atoms with Gasteiger partial charge >= 0.3 is 5.97 Å². The van der Waals surface area contributed by atoms with Crippen molar-refractivity contribution in [3.63, 3.8) is 0 Å². The van der Waals surface area contributed by atoms with Gasteiger partial charge in [-0.1, -0.05) is 0 Å². The summed E-state index contributed by atoms with van der Waals surface area (Å²) in [7, 11) is -3.82. The molecule has 36 heavy (non-hydrogen) atoms. The van der Waals surface area contributed by atoms with Gasteiger partial charge in [0.2, 0.25) is 21.8 Å². The van der Waals surface area contributed by atoms with Crippen LogP contribution in [0.4, 0.5) is 0 Å². The molecule has 0 spiro atoms. The first kappa shape index (κ1) is 30.5. The van der Waals surface area contributed by atoms with E-state index in [1.807, 2.05) is 0 Å². The average molecular weight is 532 g/mol. The predicted octanol–water partition coefficient (Wildman–Crippen LogP) is 0.176. The SMILES string of the molecule is CC(C)S(=O)(=O)NC(CNC(=O)CNC(=O)C(CCC1CCNCC1)CCC1CCNCC1)C(=O)O. The summed E-state index contributed by atoms with van der Waals surface area (Å²) < 4.78 is 26.0. The van der Waals surface area contributed by atoms with Crippen molar-refractivity contribution in [3.8, 4) is 0 Å². The molecule has 1 unspecified atom stereocenters. The van der Waals surface area contributed by atoms with Crippen LogP contribution in [0.5, 0.6) is 0 Å². The predicted molar refractivity (Wildman–Crippen MR) is 138 cm³/mol. The lowest BCUT2D eigenvalue weighted by molar-refractivity contribution is -0.139. The number of carbonyl (C=O) groups is 3. The first-order chi connectivity index (χ1) is 17.1. The van der Waals surface area contributed by atoms with Crippen LogP contribution >= 0.6 is 0 Å². The van der Waals surface area contributed by atoms with Crippen molar-refractivity contribution in [2.75, 3.05) is 39.3 Å². The lowest BCUT2D eigenvalue weighted by atomic mass is 9.84. The van der Waals surface area contributed by atoms with Gasteiger partial charge in [-0.05, 0) is 103 Å². The number of hydrogen-bond donors (Lipinski definition) is 6. The number of piperidine rings is 2. The molecule has 0 aromatic heterocycles. The highest BCUT2D eigenvalue weighted by Gasteiger charge is 2.27. The Morgan fingerprint density at radius 3 is 1.83 bits per heavy atom. The van der Waals surface area contributed by atoms with E-state index < -0.39 is 39.7 Å². The molecule has 1 atom stereocenters. The topological polar surface area (TPSA) is 166 Å². The van der Waals surface area contributed by atoms with E-state index >= 15 is 0 Å². The van der Waals surface area contributed by atoms with Crippen molar-refractivity contribution in [1.29, 1.82) is 0 Å². The Bertz CT molecular complexity index is 788. The molecule has 2 heterocycles. The van der Waals surface area contributed by atoms with Crippen molar-refractivity contribution in [2.24, 2.45) is 17.8 Å². The Morgan fingerprint density at radius 1 is 0.889 bits per heavy atom. The molecular formula is C24H45N5O6S. The Hall–Kier alpha value is -1.76. The molecule has 0 aromatic rings. The number of carboxylic acid groups (broad SMARTS) is 1. The summed E-state index contributed by atoms with van der Waals surface area (Å²) in [6, 6.07) is -1.49. The highest BCUT2D eigenvalue weighted by atomic mass is 32.2. The highest BCUT2D eigenvalue weighted by molar-refractivity contribution is 7.90. The minimum Gasteiger partial charge on any atom is -0.480 e. The van der Waals surface area contributed by atoms with Crippen LogP contribution in [-0.4, -0.2) is 81.9 Å². The molecule has 0 aromatic carbocycles. The van der Waals surface area contributed by atoms with Gasteiger partial charge in [-0.25, -0.2) is 8.42 Å². The summed E-state index contributed by atoms with van der Waals surface area (Å²) in [6.07, 6.45) is 8.06. The fraction of sp³-hybridized carbons (Fsp3) is 0.875. The van der Waals surface area contributed by atoms with Gasteiger partial charge in [-0.15, -0.1) is 0 Å². The van der Waals surface area contributed by atoms with Gasteiger partial charge in [0.05, 0.1) is 11.8 Å². The largest absolute Gasteiger partial charge is 0.480 e. The molecule has 2 saturated heterocycles. The second-order valence-corrected chi connectivity index (χ2v) is 12.6. The molecule has 0 aliphatic carbocycles. The van der Waals surface area contributed by atoms with Gasteiger partial charge in [0, 0.05) is 12.5 Å². The summed E-state index contributed by atoms with van der Waals surface area (Å²) in [6.45, 7) is 6.24. The number of sulfonamides is 1. The molecule has 2 aliphatic rings. The molecule has 11 nitrogen and oxygen atoms in total. The summed E-state index contributed by atoms with van der Waals surface area (Å²) in [4.78, 5) is 36.7. The first-order valence-electron chi connectivity index (χ1n) is 13.3. The minimum absolute atomic E-state index is 0.150. The third-order valence-corrected chi connectivity index (χ3v) is 9.14. The maximum Gasteiger partial charge on any atom is 0.323 e. The fourth-order valence-corrected chi connectivity index (χ4v) is 5.58. The quantitative estimate of drug-likeness (QED) is 0.174. The van der Waals surface area contributed by atoms with Gasteiger partial charge in [-0.2, -0.15) is 4.72 Å². The Kier molecular flexibility index (Phi) is 13.1. The van der Waals surface area contributed by atoms with E-state index in [-0.39, 0.29) is 18.4 Å². The summed E-state index contributed by atoms with van der Waals surface area (Å²) in [5.41, 5.74) is 0. The lowest BCUT2D eigenvalue weighted by Gasteiger charge is -2.27. The molecule has 0 radical (unpaired) electrons. The molecule has 2 fully saturated rings. The Balaban J connectivity index is 1.84. The summed E-state index contributed by atoms with van der Waals surface area (Å²) >= 11 is 0. The minimum atomic E-state index is -3.82. The molecule has 2 rings (SSSR count). The number of nitrogens with one attached hydrogen (secondary N) is 5. The van der Waals surface area contributed by atoms with Gasteiger partial charge in [0.1, 0.15) is 6.04 Å². The number of amides is 2. The van der Waals surface area contributed by atoms with E-state index in [0.29, 0.717) is 11.8 Å². The lowest BCUT2D eigenvalue weighted by Crippen LogP contribution is -2.51. The van der Waals surface area contributed by atoms with Crippen LogP contribution in [-0.2, 0) is 24.4 Å². The third kappa shape index (κ3) is 11.1. The van der Waals surface area contributed by atoms with Gasteiger partial charge < -0.3 is 26.4 Å². The normalized spacial score (nSPS) is 18.8. The molecule has 12 heteroatoms. The van der Waals surface area contributed by atoms with Crippen LogP contribution in [0, 0.1) is 17.8 Å². The van der Waals surface area contributed by atoms with Crippen molar-refractivity contribution >= 4 is 27.8 Å². The van der Waals surface area contributed by atoms with Crippen LogP contribution in [0.2, 0.25) is 0 Å². The highest BCUT2D eigenvalue weighted by Crippen LogP contribution is 2.26. The Labute approximate surface area is 215 Å². The van der Waals surface area contributed by atoms with E-state index in [0.717, 1.165) is 77.5 Å². The number of carbonyl (C=O) groups excluding carboxylic acids is 2. The molecular weight excluding hydrogens is 486 g/mol. The van der Waals surface area contributed by atoms with Crippen LogP contribution in [0.25, 0.3) is 0 Å². The fourth-order valence-electron chi connectivity index (χ4n) is 4.72. The molecule has 208 valence electrons. The maximum atomic E-state index is 13.0. The standard InChI is InChI=1S/C24H45N5O6S/c1-17(2)36(34,35)29-21(24(32)33)15-27-22(30)16-28-23(31)20(5-3-18-7-11-25-12-8-18)6-4-19-9-13-26-14-10-19/h17-21,25-26,29H,3-16H2,1-2H3,(H,27,30)(H,28,31)(H,32,33). The molecule has 6 N–H and O–H groups in total. The molecule has 2 aliphatic heterocycles. The number of hydrogen-bond acceptors (Lipinski definition) is 7. The van der Waals surface area contributed by atoms with Crippen molar-refractivity contribution in [3.05, 3.63) is 0 Å². The van der Waals surface area contributed by atoms with Crippen molar-refractivity contribution < 1.29 is 27.9 Å². The second-order valence-electron chi connectivity index (χ2n) is 10.4. The van der Waals surface area contributed by atoms with Crippen LogP contribution in [0.15, 0.2) is 0 Å². The molecule has 0 saturated carbocycles. The summed E-state index contributed by atoms with van der Waals surface area (Å²) in [5.74, 6) is -1.03. The van der Waals surface area contributed by atoms with Gasteiger partial charge in [0.25, 0.3) is 0 Å². The van der Waals surface area contributed by atoms with Crippen molar-refractivity contribution in [1.82, 2.24) is 26.0 Å². The number of carboxylic acids is 1. The van der Waals surface area contributed by atoms with Crippen LogP contribution in [0.1, 0.15) is 65.2 Å². The van der Waals surface area contributed by atoms with E-state index in [1.165, 1.54) is 13.8 Å². The first-order valence-corrected chi connectivity index (χ1v) is 14.8. The summed E-state index contributed by atoms with van der Waals surface area (Å²) in [5, 5.41) is 20.4. The zero-order chi connectivity index (χ0) is 26.6. The second kappa shape index (κ2) is 15.5. The average Bonchev–Trinajstić information content (AvgIpc) is 2.86. The van der Waals surface area contributed by atoms with E-state index in [2.05, 4.69) is 26.0 Å². The molecule has 2 amide bonds. The zero-order valence-electron chi connectivity index (χ0n) is 21.7. The zero-order valence-corrected chi connectivity index (χ0v) is 22.5. The third-order valence-electron chi connectivity index (χ3n) is 7.29. The van der Waals surface area contributed by atoms with E-state index in [1.54, 1.807) is 0 Å². The van der Waals surface area contributed by atoms with Crippen LogP contribution in [0.3, 0.4) is 0 Å². The smallest absolute Gasteiger partial charge is 0.323 e. The monoisotopic (exact) mass is 531 g/mol. The van der Waals surface area contributed by atoms with E-state index in [9.17, 15) is 27.9 Å². The maximum absolute atomic E-state index is 13.0. The molecule has 0 bridgehead atoms. The van der Waals surface area contributed by atoms with E-state index in [4.69, 9.17) is 0 Å².